The number of hydrogen-bond donors (Lipinski definition) is 1. The number of halogens is 1. The Morgan fingerprint density at radius 1 is 1.44 bits per heavy atom. The van der Waals surface area contributed by atoms with Gasteiger partial charge in [0.1, 0.15) is 18.2 Å². The first-order valence-electron chi connectivity index (χ1n) is 6.49. The van der Waals surface area contributed by atoms with Crippen molar-refractivity contribution in [2.24, 2.45) is 5.92 Å². The lowest BCUT2D eigenvalue weighted by Gasteiger charge is -2.23. The smallest absolute Gasteiger partial charge is 0.123 e. The van der Waals surface area contributed by atoms with E-state index in [4.69, 9.17) is 9.47 Å². The second kappa shape index (κ2) is 6.71. The summed E-state index contributed by atoms with van der Waals surface area (Å²) in [6, 6.07) is 6.43. The van der Waals surface area contributed by atoms with Crippen LogP contribution in [0, 0.1) is 11.7 Å². The van der Waals surface area contributed by atoms with Crippen LogP contribution in [0.1, 0.15) is 13.3 Å². The van der Waals surface area contributed by atoms with Crippen molar-refractivity contribution in [1.29, 1.82) is 0 Å². The molecule has 1 aromatic rings. The molecule has 0 bridgehead atoms. The van der Waals surface area contributed by atoms with Crippen molar-refractivity contribution >= 4 is 0 Å². The van der Waals surface area contributed by atoms with Crippen LogP contribution in [0.25, 0.3) is 0 Å². The highest BCUT2D eigenvalue weighted by Gasteiger charge is 2.25. The molecule has 100 valence electrons. The largest absolute Gasteiger partial charge is 0.492 e. The zero-order chi connectivity index (χ0) is 12.8. The van der Waals surface area contributed by atoms with E-state index < -0.39 is 0 Å². The maximum Gasteiger partial charge on any atom is 0.123 e. The van der Waals surface area contributed by atoms with E-state index in [-0.39, 0.29) is 5.82 Å². The molecule has 1 saturated heterocycles. The van der Waals surface area contributed by atoms with Crippen molar-refractivity contribution < 1.29 is 13.9 Å². The van der Waals surface area contributed by atoms with Gasteiger partial charge in [-0.3, -0.25) is 0 Å². The molecule has 0 spiro atoms. The predicted molar refractivity (Wildman–Crippen MR) is 68.3 cm³/mol. The number of ether oxygens (including phenoxy) is 2. The van der Waals surface area contributed by atoms with Crippen LogP contribution in [0.4, 0.5) is 4.39 Å². The Bertz CT molecular complexity index is 349. The molecule has 2 rings (SSSR count). The van der Waals surface area contributed by atoms with Gasteiger partial charge in [-0.25, -0.2) is 4.39 Å². The Labute approximate surface area is 107 Å². The normalized spacial score (nSPS) is 20.9. The van der Waals surface area contributed by atoms with E-state index in [1.54, 1.807) is 12.1 Å². The van der Waals surface area contributed by atoms with Crippen LogP contribution in [0.2, 0.25) is 0 Å². The average molecular weight is 253 g/mol. The molecule has 0 aliphatic carbocycles. The van der Waals surface area contributed by atoms with Crippen LogP contribution in [0.3, 0.4) is 0 Å². The van der Waals surface area contributed by atoms with Crippen molar-refractivity contribution in [3.05, 3.63) is 30.1 Å². The number of hydrogen-bond acceptors (Lipinski definition) is 3. The number of benzene rings is 1. The highest BCUT2D eigenvalue weighted by atomic mass is 19.1. The summed E-state index contributed by atoms with van der Waals surface area (Å²) in [6.45, 7) is 5.22. The average Bonchev–Trinajstić information content (AvgIpc) is 2.90. The van der Waals surface area contributed by atoms with E-state index in [1.165, 1.54) is 12.1 Å². The van der Waals surface area contributed by atoms with Crippen molar-refractivity contribution in [3.63, 3.8) is 0 Å². The molecule has 4 heteroatoms. The fourth-order valence-electron chi connectivity index (χ4n) is 2.21. The molecule has 0 amide bonds. The van der Waals surface area contributed by atoms with Crippen LogP contribution in [0.5, 0.6) is 5.75 Å². The van der Waals surface area contributed by atoms with E-state index in [0.29, 0.717) is 24.3 Å². The van der Waals surface area contributed by atoms with Gasteiger partial charge in [-0.1, -0.05) is 6.92 Å². The summed E-state index contributed by atoms with van der Waals surface area (Å²) < 4.78 is 23.9. The first-order chi connectivity index (χ1) is 8.79. The van der Waals surface area contributed by atoms with Gasteiger partial charge in [0.25, 0.3) is 0 Å². The van der Waals surface area contributed by atoms with Crippen molar-refractivity contribution in [1.82, 2.24) is 5.32 Å². The lowest BCUT2D eigenvalue weighted by atomic mass is 10.00. The van der Waals surface area contributed by atoms with Gasteiger partial charge in [0.15, 0.2) is 0 Å². The number of rotatable bonds is 6. The summed E-state index contributed by atoms with van der Waals surface area (Å²) in [4.78, 5) is 0. The lowest BCUT2D eigenvalue weighted by Crippen LogP contribution is -2.41. The van der Waals surface area contributed by atoms with Gasteiger partial charge in [-0.05, 0) is 37.2 Å². The summed E-state index contributed by atoms with van der Waals surface area (Å²) in [7, 11) is 0. The van der Waals surface area contributed by atoms with Crippen LogP contribution < -0.4 is 10.1 Å². The number of nitrogens with one attached hydrogen (secondary N) is 1. The van der Waals surface area contributed by atoms with E-state index in [2.05, 4.69) is 12.2 Å². The molecule has 1 N–H and O–H groups in total. The predicted octanol–water partition coefficient (Wildman–Crippen LogP) is 2.22. The van der Waals surface area contributed by atoms with Crippen LogP contribution in [0.15, 0.2) is 24.3 Å². The van der Waals surface area contributed by atoms with Gasteiger partial charge in [0.2, 0.25) is 0 Å². The third-order valence-electron chi connectivity index (χ3n) is 3.24. The topological polar surface area (TPSA) is 30.5 Å². The zero-order valence-electron chi connectivity index (χ0n) is 10.7. The summed E-state index contributed by atoms with van der Waals surface area (Å²) in [5.41, 5.74) is 0. The molecular formula is C14H20FNO2. The zero-order valence-corrected chi connectivity index (χ0v) is 10.7. The first kappa shape index (κ1) is 13.3. The minimum absolute atomic E-state index is 0.241. The molecule has 1 aliphatic rings. The van der Waals surface area contributed by atoms with Crippen molar-refractivity contribution in [2.75, 3.05) is 26.4 Å². The third-order valence-corrected chi connectivity index (χ3v) is 3.24. The molecular weight excluding hydrogens is 233 g/mol. The quantitative estimate of drug-likeness (QED) is 0.843. The molecule has 1 aliphatic heterocycles. The molecule has 2 unspecified atom stereocenters. The molecule has 1 aromatic carbocycles. The highest BCUT2D eigenvalue weighted by molar-refractivity contribution is 5.22. The lowest BCUT2D eigenvalue weighted by molar-refractivity contribution is 0.161. The molecule has 1 heterocycles. The van der Waals surface area contributed by atoms with Gasteiger partial charge in [-0.2, -0.15) is 0 Å². The molecule has 3 nitrogen and oxygen atoms in total. The fraction of sp³-hybridized carbons (Fsp3) is 0.571. The highest BCUT2D eigenvalue weighted by Crippen LogP contribution is 2.18. The van der Waals surface area contributed by atoms with Gasteiger partial charge in [-0.15, -0.1) is 0 Å². The second-order valence-corrected chi connectivity index (χ2v) is 4.55. The Balaban J connectivity index is 1.86. The molecule has 0 aromatic heterocycles. The molecule has 1 fully saturated rings. The standard InChI is InChI=1S/C14H20FNO2/c1-2-16-14(11-7-8-17-9-11)10-18-13-5-3-12(15)4-6-13/h3-6,11,14,16H,2,7-10H2,1H3. The van der Waals surface area contributed by atoms with E-state index in [1.807, 2.05) is 0 Å². The third kappa shape index (κ3) is 3.68. The maximum absolute atomic E-state index is 12.8. The van der Waals surface area contributed by atoms with Gasteiger partial charge in [0, 0.05) is 18.6 Å². The molecule has 18 heavy (non-hydrogen) atoms. The van der Waals surface area contributed by atoms with Gasteiger partial charge < -0.3 is 14.8 Å². The maximum atomic E-state index is 12.8. The first-order valence-corrected chi connectivity index (χ1v) is 6.49. The van der Waals surface area contributed by atoms with E-state index in [9.17, 15) is 4.39 Å². The second-order valence-electron chi connectivity index (χ2n) is 4.55. The molecule has 0 saturated carbocycles. The van der Waals surface area contributed by atoms with Crippen LogP contribution >= 0.6 is 0 Å². The van der Waals surface area contributed by atoms with Crippen molar-refractivity contribution in [3.8, 4) is 5.75 Å². The summed E-state index contributed by atoms with van der Waals surface area (Å²) in [6.07, 6.45) is 1.07. The summed E-state index contributed by atoms with van der Waals surface area (Å²) in [5, 5.41) is 3.43. The molecule has 0 radical (unpaired) electrons. The van der Waals surface area contributed by atoms with E-state index in [0.717, 1.165) is 26.2 Å². The summed E-state index contributed by atoms with van der Waals surface area (Å²) in [5.74, 6) is 0.971. The van der Waals surface area contributed by atoms with Crippen LogP contribution in [-0.4, -0.2) is 32.4 Å². The van der Waals surface area contributed by atoms with Gasteiger partial charge in [0.05, 0.1) is 6.61 Å². The Morgan fingerprint density at radius 3 is 2.83 bits per heavy atom. The van der Waals surface area contributed by atoms with Gasteiger partial charge >= 0.3 is 0 Å². The Morgan fingerprint density at radius 2 is 2.22 bits per heavy atom. The molecule has 2 atom stereocenters. The minimum atomic E-state index is -0.241. The fourth-order valence-corrected chi connectivity index (χ4v) is 2.21. The Kier molecular flexibility index (Phi) is 4.96. The van der Waals surface area contributed by atoms with E-state index >= 15 is 0 Å². The van der Waals surface area contributed by atoms with Crippen LogP contribution in [-0.2, 0) is 4.74 Å². The Hall–Kier alpha value is -1.13. The monoisotopic (exact) mass is 253 g/mol. The number of likely N-dealkylation sites (N-methyl/N-ethyl adjacent to an activating group) is 1. The summed E-state index contributed by atoms with van der Waals surface area (Å²) >= 11 is 0. The van der Waals surface area contributed by atoms with Crippen molar-refractivity contribution in [2.45, 2.75) is 19.4 Å². The SMILES string of the molecule is CCNC(COc1ccc(F)cc1)C1CCOC1. The minimum Gasteiger partial charge on any atom is -0.492 e.